The molecule has 0 radical (unpaired) electrons. The lowest BCUT2D eigenvalue weighted by Gasteiger charge is -2.29. The van der Waals surface area contributed by atoms with E-state index in [4.69, 9.17) is 18.0 Å². The summed E-state index contributed by atoms with van der Waals surface area (Å²) in [4.78, 5) is 0.374. The molecular weight excluding hydrogens is 280 g/mol. The van der Waals surface area contributed by atoms with Crippen molar-refractivity contribution in [1.29, 1.82) is 0 Å². The van der Waals surface area contributed by atoms with Crippen molar-refractivity contribution < 1.29 is 8.42 Å². The topological polar surface area (TPSA) is 63.4 Å². The Kier molecular flexibility index (Phi) is 6.69. The number of nitrogens with two attached hydrogens (primary N) is 1. The molecule has 0 amide bonds. The molecule has 0 aromatic heterocycles. The second-order valence-corrected chi connectivity index (χ2v) is 8.19. The van der Waals surface area contributed by atoms with Crippen LogP contribution in [-0.2, 0) is 10.0 Å². The van der Waals surface area contributed by atoms with Gasteiger partial charge in [-0.1, -0.05) is 31.5 Å². The van der Waals surface area contributed by atoms with Crippen LogP contribution >= 0.6 is 12.2 Å². The van der Waals surface area contributed by atoms with Crippen molar-refractivity contribution in [1.82, 2.24) is 4.31 Å². The van der Waals surface area contributed by atoms with Crippen molar-refractivity contribution in [3.8, 4) is 0 Å². The summed E-state index contributed by atoms with van der Waals surface area (Å²) in [7, 11) is -3.20. The van der Waals surface area contributed by atoms with Crippen LogP contribution in [-0.4, -0.2) is 36.1 Å². The van der Waals surface area contributed by atoms with Crippen LogP contribution in [0.4, 0.5) is 0 Å². The number of sulfonamides is 1. The summed E-state index contributed by atoms with van der Waals surface area (Å²) in [6, 6.07) is -0.0389. The smallest absolute Gasteiger partial charge is 0.214 e. The van der Waals surface area contributed by atoms with Crippen LogP contribution in [0, 0.1) is 5.92 Å². The molecule has 0 spiro atoms. The van der Waals surface area contributed by atoms with Gasteiger partial charge < -0.3 is 5.73 Å². The predicted octanol–water partition coefficient (Wildman–Crippen LogP) is 2.28. The van der Waals surface area contributed by atoms with E-state index in [1.54, 1.807) is 4.31 Å². The van der Waals surface area contributed by atoms with Gasteiger partial charge in [0.05, 0.1) is 10.7 Å². The molecule has 1 aliphatic rings. The highest BCUT2D eigenvalue weighted by Gasteiger charge is 2.28. The largest absolute Gasteiger partial charge is 0.393 e. The van der Waals surface area contributed by atoms with E-state index < -0.39 is 10.0 Å². The molecule has 0 aliphatic heterocycles. The molecule has 6 heteroatoms. The van der Waals surface area contributed by atoms with E-state index in [2.05, 4.69) is 0 Å². The maximum atomic E-state index is 12.5. The Balaban J connectivity index is 2.66. The van der Waals surface area contributed by atoms with E-state index in [-0.39, 0.29) is 11.8 Å². The first kappa shape index (κ1) is 16.9. The van der Waals surface area contributed by atoms with Crippen LogP contribution < -0.4 is 5.73 Å². The minimum Gasteiger partial charge on any atom is -0.393 e. The zero-order valence-electron chi connectivity index (χ0n) is 12.0. The number of hydrogen-bond donors (Lipinski definition) is 1. The zero-order valence-corrected chi connectivity index (χ0v) is 13.6. The average Bonchev–Trinajstić information content (AvgIpc) is 2.28. The molecule has 0 aromatic carbocycles. The lowest BCUT2D eigenvalue weighted by atomic mass is 9.91. The fraction of sp³-hybridized carbons (Fsp3) is 0.923. The summed E-state index contributed by atoms with van der Waals surface area (Å²) in [5.74, 6) is 0.604. The summed E-state index contributed by atoms with van der Waals surface area (Å²) in [6.07, 6.45) is 6.10. The van der Waals surface area contributed by atoms with E-state index in [9.17, 15) is 8.42 Å². The first-order valence-corrected chi connectivity index (χ1v) is 9.12. The molecule has 2 N–H and O–H groups in total. The third-order valence-electron chi connectivity index (χ3n) is 3.68. The maximum absolute atomic E-state index is 12.5. The second-order valence-electron chi connectivity index (χ2n) is 5.70. The first-order valence-electron chi connectivity index (χ1n) is 7.10. The van der Waals surface area contributed by atoms with Gasteiger partial charge in [0.1, 0.15) is 0 Å². The Hall–Kier alpha value is -0.200. The van der Waals surface area contributed by atoms with Crippen molar-refractivity contribution in [3.63, 3.8) is 0 Å². The van der Waals surface area contributed by atoms with Crippen molar-refractivity contribution in [2.45, 2.75) is 58.4 Å². The van der Waals surface area contributed by atoms with Crippen molar-refractivity contribution in [2.24, 2.45) is 11.7 Å². The Morgan fingerprint density at radius 3 is 2.37 bits per heavy atom. The van der Waals surface area contributed by atoms with Gasteiger partial charge in [-0.25, -0.2) is 8.42 Å². The molecule has 0 saturated heterocycles. The lowest BCUT2D eigenvalue weighted by Crippen LogP contribution is -2.41. The minimum atomic E-state index is -3.20. The first-order chi connectivity index (χ1) is 8.83. The normalized spacial score (nSPS) is 18.1. The summed E-state index contributed by atoms with van der Waals surface area (Å²) in [6.45, 7) is 4.21. The number of thiocarbonyl (C=S) groups is 1. The Morgan fingerprint density at radius 2 is 1.89 bits per heavy atom. The molecule has 0 heterocycles. The highest BCUT2D eigenvalue weighted by Crippen LogP contribution is 2.26. The molecule has 1 aliphatic carbocycles. The number of nitrogens with zero attached hydrogens (tertiary/aromatic N) is 1. The Labute approximate surface area is 122 Å². The van der Waals surface area contributed by atoms with Crippen LogP contribution in [0.25, 0.3) is 0 Å². The van der Waals surface area contributed by atoms with E-state index in [1.165, 1.54) is 6.42 Å². The molecule has 1 saturated carbocycles. The minimum absolute atomic E-state index is 0.0389. The number of rotatable bonds is 7. The van der Waals surface area contributed by atoms with Gasteiger partial charge in [-0.15, -0.1) is 0 Å². The maximum Gasteiger partial charge on any atom is 0.214 e. The molecular formula is C13H26N2O2S2. The van der Waals surface area contributed by atoms with Gasteiger partial charge in [0.15, 0.2) is 0 Å². The monoisotopic (exact) mass is 306 g/mol. The quantitative estimate of drug-likeness (QED) is 0.733. The zero-order chi connectivity index (χ0) is 14.5. The van der Waals surface area contributed by atoms with E-state index in [0.29, 0.717) is 23.9 Å². The van der Waals surface area contributed by atoms with Gasteiger partial charge in [0, 0.05) is 19.0 Å². The molecule has 4 nitrogen and oxygen atoms in total. The summed E-state index contributed by atoms with van der Waals surface area (Å²) >= 11 is 4.84. The van der Waals surface area contributed by atoms with E-state index >= 15 is 0 Å². The lowest BCUT2D eigenvalue weighted by molar-refractivity contribution is 0.342. The van der Waals surface area contributed by atoms with Gasteiger partial charge in [-0.3, -0.25) is 0 Å². The van der Waals surface area contributed by atoms with E-state index in [0.717, 1.165) is 25.7 Å². The molecule has 0 bridgehead atoms. The Bertz CT molecular complexity index is 387. The number of hydrogen-bond acceptors (Lipinski definition) is 3. The van der Waals surface area contributed by atoms with Crippen LogP contribution in [0.5, 0.6) is 0 Å². The van der Waals surface area contributed by atoms with Crippen molar-refractivity contribution in [3.05, 3.63) is 0 Å². The fourth-order valence-corrected chi connectivity index (χ4v) is 4.91. The third kappa shape index (κ3) is 5.75. The highest BCUT2D eigenvalue weighted by atomic mass is 32.2. The molecule has 1 fully saturated rings. The Morgan fingerprint density at radius 1 is 1.32 bits per heavy atom. The second kappa shape index (κ2) is 7.55. The SMILES string of the molecule is CC(C)N(CCC(N)=S)S(=O)(=O)CC1CCCCC1. The van der Waals surface area contributed by atoms with Crippen LogP contribution in [0.2, 0.25) is 0 Å². The van der Waals surface area contributed by atoms with E-state index in [1.807, 2.05) is 13.8 Å². The molecule has 0 unspecified atom stereocenters. The van der Waals surface area contributed by atoms with Crippen LogP contribution in [0.1, 0.15) is 52.4 Å². The summed E-state index contributed by atoms with van der Waals surface area (Å²) in [5, 5.41) is 0. The average molecular weight is 306 g/mol. The van der Waals surface area contributed by atoms with Crippen LogP contribution in [0.3, 0.4) is 0 Å². The van der Waals surface area contributed by atoms with Crippen molar-refractivity contribution >= 4 is 27.2 Å². The summed E-state index contributed by atoms with van der Waals surface area (Å²) < 4.78 is 26.5. The summed E-state index contributed by atoms with van der Waals surface area (Å²) in [5.41, 5.74) is 5.48. The predicted molar refractivity (Wildman–Crippen MR) is 83.6 cm³/mol. The highest BCUT2D eigenvalue weighted by molar-refractivity contribution is 7.89. The fourth-order valence-electron chi connectivity index (χ4n) is 2.69. The standard InChI is InChI=1S/C13H26N2O2S2/c1-11(2)15(9-8-13(14)18)19(16,17)10-12-6-4-3-5-7-12/h11-12H,3-10H2,1-2H3,(H2,14,18). The molecule has 19 heavy (non-hydrogen) atoms. The van der Waals surface area contributed by atoms with Gasteiger partial charge in [-0.2, -0.15) is 4.31 Å². The van der Waals surface area contributed by atoms with Gasteiger partial charge in [0.25, 0.3) is 0 Å². The van der Waals surface area contributed by atoms with Gasteiger partial charge in [0.2, 0.25) is 10.0 Å². The van der Waals surface area contributed by atoms with Crippen LogP contribution in [0.15, 0.2) is 0 Å². The molecule has 0 aromatic rings. The molecule has 0 atom stereocenters. The third-order valence-corrected chi connectivity index (χ3v) is 6.10. The molecule has 112 valence electrons. The van der Waals surface area contributed by atoms with Gasteiger partial charge >= 0.3 is 0 Å². The molecule has 1 rings (SSSR count). The van der Waals surface area contributed by atoms with Gasteiger partial charge in [-0.05, 0) is 32.6 Å². The van der Waals surface area contributed by atoms with Crippen molar-refractivity contribution in [2.75, 3.05) is 12.3 Å².